The van der Waals surface area contributed by atoms with Gasteiger partial charge < -0.3 is 13.3 Å². The van der Waals surface area contributed by atoms with Crippen LogP contribution in [0, 0.1) is 0 Å². The molecule has 0 N–H and O–H groups in total. The van der Waals surface area contributed by atoms with Crippen molar-refractivity contribution >= 4 is 184 Å². The zero-order valence-corrected chi connectivity index (χ0v) is 67.6. The van der Waals surface area contributed by atoms with Crippen molar-refractivity contribution in [2.45, 2.75) is 0 Å². The van der Waals surface area contributed by atoms with Gasteiger partial charge in [0.1, 0.15) is 33.5 Å². The second-order valence-corrected chi connectivity index (χ2v) is 33.8. The van der Waals surface area contributed by atoms with Crippen LogP contribution in [0.25, 0.3) is 284 Å². The molecule has 27 aromatic rings. The van der Waals surface area contributed by atoms with E-state index in [9.17, 15) is 0 Å². The van der Waals surface area contributed by atoms with Crippen molar-refractivity contribution in [1.82, 2.24) is 0 Å². The fraction of sp³-hybridized carbons (Fsp3) is 0. The fourth-order valence-corrected chi connectivity index (χ4v) is 21.4. The molecule has 3 heterocycles. The molecule has 0 fully saturated rings. The lowest BCUT2D eigenvalue weighted by Gasteiger charge is -2.21. The van der Waals surface area contributed by atoms with Gasteiger partial charge in [0, 0.05) is 48.5 Å². The lowest BCUT2D eigenvalue weighted by Crippen LogP contribution is -1.93. The predicted octanol–water partition coefficient (Wildman–Crippen LogP) is 35.1. The van der Waals surface area contributed by atoms with Gasteiger partial charge in [-0.3, -0.25) is 0 Å². The van der Waals surface area contributed by atoms with Crippen LogP contribution in [0.5, 0.6) is 0 Å². The lowest BCUT2D eigenvalue weighted by atomic mass is 9.82. The maximum atomic E-state index is 7.20. The summed E-state index contributed by atoms with van der Waals surface area (Å²) in [5, 5.41) is 32.5. The van der Waals surface area contributed by atoms with Crippen LogP contribution in [-0.2, 0) is 0 Å². The van der Waals surface area contributed by atoms with Crippen molar-refractivity contribution in [3.05, 3.63) is 425 Å². The highest BCUT2D eigenvalue weighted by molar-refractivity contribution is 6.29. The highest BCUT2D eigenvalue weighted by Crippen LogP contribution is 2.53. The van der Waals surface area contributed by atoms with Crippen molar-refractivity contribution in [2.24, 2.45) is 0 Å². The van der Waals surface area contributed by atoms with Gasteiger partial charge in [-0.05, 0) is 293 Å². The van der Waals surface area contributed by atoms with Gasteiger partial charge in [0.05, 0.1) is 0 Å². The average Bonchev–Trinajstić information content (AvgIpc) is 1.47. The van der Waals surface area contributed by atoms with E-state index < -0.39 is 0 Å². The molecule has 3 nitrogen and oxygen atoms in total. The first-order chi connectivity index (χ1) is 61.9. The quantitative estimate of drug-likeness (QED) is 0.135. The molecule has 3 aromatic heterocycles. The van der Waals surface area contributed by atoms with Crippen LogP contribution in [0.4, 0.5) is 0 Å². The molecule has 0 saturated heterocycles. The second kappa shape index (κ2) is 27.0. The van der Waals surface area contributed by atoms with Crippen molar-refractivity contribution < 1.29 is 13.3 Å². The van der Waals surface area contributed by atoms with E-state index in [0.717, 1.165) is 170 Å². The summed E-state index contributed by atoms with van der Waals surface area (Å²) < 4.78 is 21.0. The standard InChI is InChI=1S/C122H70O3/c1-2-23-75(24-3-1)114-95-31-10-11-32-96(95)115(84-28-18-26-77(64-84)82-48-54-91-105-59-44-72-21-6-8-29-89(72)120(105)123-111(91)68-82)103-57-49-80(66-109(103)114)81-50-58-104-110(67-81)118(87-52-56-92-106-60-45-73-22-7-9-30-90(73)121(106)124-112(92)70-87)101-37-16-17-38-102(101)119(104)94-39-19-27-83-62-78(47-53-88(83)94)79-42-41-74-46-61-107-93-55-51-86(69-113(93)125-122(107)108(74)65-79)117-99-35-14-12-33-97(99)116(98-34-13-15-36-100(98)117)85-43-40-71-20-4-5-25-76(71)63-85/h1-70H. The molecule has 0 aliphatic rings. The Morgan fingerprint density at radius 3 is 0.912 bits per heavy atom. The van der Waals surface area contributed by atoms with Crippen molar-refractivity contribution in [3.63, 3.8) is 0 Å². The van der Waals surface area contributed by atoms with Gasteiger partial charge in [-0.2, -0.15) is 0 Å². The Bertz CT molecular complexity index is 9320. The van der Waals surface area contributed by atoms with Crippen LogP contribution in [0.2, 0.25) is 0 Å². The highest BCUT2D eigenvalue weighted by Gasteiger charge is 2.26. The summed E-state index contributed by atoms with van der Waals surface area (Å²) in [7, 11) is 0. The summed E-state index contributed by atoms with van der Waals surface area (Å²) in [5.41, 5.74) is 26.1. The second-order valence-electron chi connectivity index (χ2n) is 33.8. The van der Waals surface area contributed by atoms with Gasteiger partial charge >= 0.3 is 0 Å². The largest absolute Gasteiger partial charge is 0.455 e. The molecule has 24 aromatic carbocycles. The number of hydrogen-bond acceptors (Lipinski definition) is 3. The minimum Gasteiger partial charge on any atom is -0.455 e. The molecular formula is C122H70O3. The Morgan fingerprint density at radius 1 is 0.112 bits per heavy atom. The van der Waals surface area contributed by atoms with Crippen molar-refractivity contribution in [2.75, 3.05) is 0 Å². The smallest absolute Gasteiger partial charge is 0.143 e. The van der Waals surface area contributed by atoms with E-state index in [1.807, 2.05) is 0 Å². The molecule has 0 bridgehead atoms. The molecule has 576 valence electrons. The lowest BCUT2D eigenvalue weighted by molar-refractivity contribution is 0.672. The van der Waals surface area contributed by atoms with Crippen molar-refractivity contribution in [1.29, 1.82) is 0 Å². The van der Waals surface area contributed by atoms with Gasteiger partial charge in [0.15, 0.2) is 0 Å². The number of rotatable bonds is 9. The molecule has 0 spiro atoms. The number of furan rings is 3. The van der Waals surface area contributed by atoms with Gasteiger partial charge in [-0.1, -0.05) is 334 Å². The van der Waals surface area contributed by atoms with Gasteiger partial charge in [-0.25, -0.2) is 0 Å². The van der Waals surface area contributed by atoms with Gasteiger partial charge in [-0.15, -0.1) is 0 Å². The molecule has 0 saturated carbocycles. The van der Waals surface area contributed by atoms with Crippen LogP contribution in [0.1, 0.15) is 0 Å². The van der Waals surface area contributed by atoms with E-state index >= 15 is 0 Å². The molecule has 3 heteroatoms. The van der Waals surface area contributed by atoms with Crippen LogP contribution in [0.3, 0.4) is 0 Å². The molecule has 27 rings (SSSR count). The van der Waals surface area contributed by atoms with E-state index in [0.29, 0.717) is 0 Å². The molecule has 0 atom stereocenters. The summed E-state index contributed by atoms with van der Waals surface area (Å²) in [6, 6.07) is 158. The Morgan fingerprint density at radius 2 is 0.384 bits per heavy atom. The zero-order valence-electron chi connectivity index (χ0n) is 67.6. The number of hydrogen-bond donors (Lipinski definition) is 0. The van der Waals surface area contributed by atoms with Crippen LogP contribution in [0.15, 0.2) is 438 Å². The Balaban J connectivity index is 0.607. The number of fused-ring (bicyclic) bond motifs is 23. The first-order valence-electron chi connectivity index (χ1n) is 43.1. The van der Waals surface area contributed by atoms with Crippen molar-refractivity contribution in [3.8, 4) is 100 Å². The number of benzene rings is 24. The molecular weight excluding hydrogens is 1510 g/mol. The summed E-state index contributed by atoms with van der Waals surface area (Å²) in [6.07, 6.45) is 0. The Labute approximate surface area is 717 Å². The SMILES string of the molecule is c1ccc(-c2c3ccccc3c(-c3cccc(-c4ccc5c(c4)oc4c6ccccc6ccc54)c3)c3ccc(-c4ccc5c(-c6cccc7cc(-c8ccc9ccc%10c%11ccc(-c%12c%13ccccc%13c(-c%13ccc%14ccccc%14c%13)c%13ccccc%12%13)cc%11oc%10c9c8)ccc67)c6ccccc6c(-c6ccc7c(c6)oc6c8ccccc8ccc76)c5c4)cc23)cc1. The average molecular weight is 1580 g/mol. The van der Waals surface area contributed by atoms with Gasteiger partial charge in [0.25, 0.3) is 0 Å². The minimum absolute atomic E-state index is 0.856. The normalized spacial score (nSPS) is 12.2. The molecule has 0 amide bonds. The minimum atomic E-state index is 0.856. The first kappa shape index (κ1) is 69.3. The Kier molecular flexibility index (Phi) is 15.0. The Hall–Kier alpha value is -16.5. The maximum absolute atomic E-state index is 7.20. The third kappa shape index (κ3) is 10.6. The summed E-state index contributed by atoms with van der Waals surface area (Å²) in [5.74, 6) is 0. The van der Waals surface area contributed by atoms with Crippen LogP contribution >= 0.6 is 0 Å². The fourth-order valence-electron chi connectivity index (χ4n) is 21.4. The van der Waals surface area contributed by atoms with E-state index in [1.54, 1.807) is 0 Å². The third-order valence-electron chi connectivity index (χ3n) is 27.1. The first-order valence-corrected chi connectivity index (χ1v) is 43.1. The molecule has 0 radical (unpaired) electrons. The van der Waals surface area contributed by atoms with E-state index in [2.05, 4.69) is 425 Å². The monoisotopic (exact) mass is 1580 g/mol. The zero-order chi connectivity index (χ0) is 81.6. The van der Waals surface area contributed by atoms with Crippen LogP contribution in [-0.4, -0.2) is 0 Å². The highest BCUT2D eigenvalue weighted by atomic mass is 16.3. The summed E-state index contributed by atoms with van der Waals surface area (Å²) in [6.45, 7) is 0. The van der Waals surface area contributed by atoms with Gasteiger partial charge in [0.2, 0.25) is 0 Å². The van der Waals surface area contributed by atoms with E-state index in [1.165, 1.54) is 115 Å². The summed E-state index contributed by atoms with van der Waals surface area (Å²) >= 11 is 0. The molecule has 0 unspecified atom stereocenters. The molecule has 0 aliphatic carbocycles. The van der Waals surface area contributed by atoms with Crippen LogP contribution < -0.4 is 0 Å². The topological polar surface area (TPSA) is 39.4 Å². The summed E-state index contributed by atoms with van der Waals surface area (Å²) in [4.78, 5) is 0. The predicted molar refractivity (Wildman–Crippen MR) is 530 cm³/mol. The van der Waals surface area contributed by atoms with E-state index in [-0.39, 0.29) is 0 Å². The van der Waals surface area contributed by atoms with E-state index in [4.69, 9.17) is 13.3 Å². The maximum Gasteiger partial charge on any atom is 0.143 e. The molecule has 0 aliphatic heterocycles. The molecule has 125 heavy (non-hydrogen) atoms. The third-order valence-corrected chi connectivity index (χ3v) is 27.1.